The van der Waals surface area contributed by atoms with Crippen molar-refractivity contribution in [2.75, 3.05) is 12.4 Å². The van der Waals surface area contributed by atoms with Gasteiger partial charge in [-0.05, 0) is 40.0 Å². The van der Waals surface area contributed by atoms with E-state index in [4.69, 9.17) is 9.15 Å². The number of halogens is 1. The van der Waals surface area contributed by atoms with Crippen LogP contribution in [0.25, 0.3) is 0 Å². The highest BCUT2D eigenvalue weighted by Crippen LogP contribution is 2.32. The van der Waals surface area contributed by atoms with Gasteiger partial charge in [0.05, 0.1) is 23.5 Å². The van der Waals surface area contributed by atoms with Crippen molar-refractivity contribution in [3.05, 3.63) is 46.3 Å². The normalized spacial score (nSPS) is 10.7. The lowest BCUT2D eigenvalue weighted by Gasteiger charge is -2.10. The Morgan fingerprint density at radius 3 is 2.75 bits per heavy atom. The van der Waals surface area contributed by atoms with Gasteiger partial charge in [-0.15, -0.1) is 0 Å². The number of furan rings is 1. The minimum Gasteiger partial charge on any atom is -0.495 e. The predicted molar refractivity (Wildman–Crippen MR) is 81.4 cm³/mol. The second-order valence-electron chi connectivity index (χ2n) is 4.64. The van der Waals surface area contributed by atoms with Crippen LogP contribution in [-0.4, -0.2) is 13.0 Å². The van der Waals surface area contributed by atoms with Crippen LogP contribution in [-0.2, 0) is 0 Å². The molecule has 2 rings (SSSR count). The van der Waals surface area contributed by atoms with Gasteiger partial charge in [-0.1, -0.05) is 19.9 Å². The van der Waals surface area contributed by atoms with E-state index in [1.54, 1.807) is 13.2 Å². The molecule has 0 saturated carbocycles. The summed E-state index contributed by atoms with van der Waals surface area (Å²) in [5.74, 6) is 0.956. The topological polar surface area (TPSA) is 51.5 Å². The van der Waals surface area contributed by atoms with E-state index in [2.05, 4.69) is 21.2 Å². The first-order valence-corrected chi connectivity index (χ1v) is 7.05. The lowest BCUT2D eigenvalue weighted by molar-refractivity contribution is 0.0995. The Kier molecular flexibility index (Phi) is 4.49. The Hall–Kier alpha value is -1.75. The third-order valence-corrected chi connectivity index (χ3v) is 3.77. The first kappa shape index (κ1) is 14.7. The van der Waals surface area contributed by atoms with Gasteiger partial charge in [-0.25, -0.2) is 0 Å². The summed E-state index contributed by atoms with van der Waals surface area (Å²) >= 11 is 3.41. The first-order valence-electron chi connectivity index (χ1n) is 6.25. The molecule has 0 aliphatic rings. The van der Waals surface area contributed by atoms with E-state index in [0.29, 0.717) is 21.7 Å². The summed E-state index contributed by atoms with van der Waals surface area (Å²) in [5, 5.41) is 2.82. The summed E-state index contributed by atoms with van der Waals surface area (Å²) < 4.78 is 11.2. The zero-order valence-electron chi connectivity index (χ0n) is 11.6. The van der Waals surface area contributed by atoms with Gasteiger partial charge in [0.25, 0.3) is 5.91 Å². The Morgan fingerprint density at radius 2 is 2.10 bits per heavy atom. The maximum atomic E-state index is 12.3. The second kappa shape index (κ2) is 6.13. The molecule has 0 aliphatic heterocycles. The minimum atomic E-state index is -0.271. The van der Waals surface area contributed by atoms with Gasteiger partial charge in [-0.2, -0.15) is 0 Å². The molecule has 4 nitrogen and oxygen atoms in total. The number of methoxy groups -OCH3 is 1. The molecule has 0 radical (unpaired) electrons. The largest absolute Gasteiger partial charge is 0.495 e. The highest BCUT2D eigenvalue weighted by atomic mass is 79.9. The van der Waals surface area contributed by atoms with Crippen molar-refractivity contribution in [3.8, 4) is 5.75 Å². The van der Waals surface area contributed by atoms with Crippen LogP contribution in [0, 0.1) is 0 Å². The lowest BCUT2D eigenvalue weighted by atomic mass is 10.0. The average molecular weight is 338 g/mol. The van der Waals surface area contributed by atoms with Crippen LogP contribution >= 0.6 is 15.9 Å². The summed E-state index contributed by atoms with van der Waals surface area (Å²) in [6, 6.07) is 7.24. The van der Waals surface area contributed by atoms with E-state index in [9.17, 15) is 4.79 Å². The van der Waals surface area contributed by atoms with E-state index in [0.717, 1.165) is 5.56 Å². The maximum absolute atomic E-state index is 12.3. The molecule has 1 heterocycles. The smallest absolute Gasteiger partial charge is 0.291 e. The Labute approximate surface area is 126 Å². The fraction of sp³-hybridized carbons (Fsp3) is 0.267. The van der Waals surface area contributed by atoms with Gasteiger partial charge in [0.1, 0.15) is 5.75 Å². The maximum Gasteiger partial charge on any atom is 0.291 e. The van der Waals surface area contributed by atoms with Crippen LogP contribution < -0.4 is 10.1 Å². The van der Waals surface area contributed by atoms with Crippen molar-refractivity contribution in [1.29, 1.82) is 0 Å². The van der Waals surface area contributed by atoms with E-state index in [1.165, 1.54) is 6.26 Å². The number of amides is 1. The van der Waals surface area contributed by atoms with Crippen LogP contribution in [0.15, 0.2) is 39.4 Å². The van der Waals surface area contributed by atoms with Crippen molar-refractivity contribution < 1.29 is 13.9 Å². The van der Waals surface area contributed by atoms with Crippen molar-refractivity contribution in [3.63, 3.8) is 0 Å². The van der Waals surface area contributed by atoms with Gasteiger partial charge < -0.3 is 14.5 Å². The molecule has 0 aliphatic carbocycles. The minimum absolute atomic E-state index is 0.225. The Morgan fingerprint density at radius 1 is 1.35 bits per heavy atom. The quantitative estimate of drug-likeness (QED) is 0.897. The van der Waals surface area contributed by atoms with Crippen molar-refractivity contribution in [2.24, 2.45) is 0 Å². The highest BCUT2D eigenvalue weighted by molar-refractivity contribution is 9.10. The van der Waals surface area contributed by atoms with Gasteiger partial charge in [0, 0.05) is 5.56 Å². The molecule has 0 atom stereocenters. The molecule has 0 fully saturated rings. The summed E-state index contributed by atoms with van der Waals surface area (Å²) in [6.07, 6.45) is 1.53. The van der Waals surface area contributed by atoms with Gasteiger partial charge in [0.2, 0.25) is 0 Å². The van der Waals surface area contributed by atoms with Gasteiger partial charge in [-0.3, -0.25) is 4.79 Å². The number of ether oxygens (including phenoxy) is 1. The summed E-state index contributed by atoms with van der Waals surface area (Å²) in [4.78, 5) is 12.3. The lowest BCUT2D eigenvalue weighted by Crippen LogP contribution is -2.13. The van der Waals surface area contributed by atoms with Crippen LogP contribution in [0.5, 0.6) is 5.75 Å². The molecule has 1 N–H and O–H groups in total. The highest BCUT2D eigenvalue weighted by Gasteiger charge is 2.19. The monoisotopic (exact) mass is 337 g/mol. The summed E-state index contributed by atoms with van der Waals surface area (Å²) in [7, 11) is 1.58. The van der Waals surface area contributed by atoms with Crippen LogP contribution in [0.1, 0.15) is 35.9 Å². The zero-order chi connectivity index (χ0) is 14.7. The summed E-state index contributed by atoms with van der Waals surface area (Å²) in [6.45, 7) is 4.03. The van der Waals surface area contributed by atoms with Crippen molar-refractivity contribution in [2.45, 2.75) is 19.8 Å². The van der Waals surface area contributed by atoms with Crippen LogP contribution in [0.3, 0.4) is 0 Å². The number of hydrogen-bond donors (Lipinski definition) is 1. The number of rotatable bonds is 4. The van der Waals surface area contributed by atoms with Gasteiger partial charge >= 0.3 is 0 Å². The fourth-order valence-corrected chi connectivity index (χ4v) is 2.43. The van der Waals surface area contributed by atoms with E-state index in [1.807, 2.05) is 32.0 Å². The Balaban J connectivity index is 2.26. The van der Waals surface area contributed by atoms with Crippen LogP contribution in [0.2, 0.25) is 0 Å². The molecule has 0 saturated heterocycles. The molecule has 2 aromatic rings. The predicted octanol–water partition coefficient (Wildman–Crippen LogP) is 4.43. The molecule has 1 aromatic carbocycles. The molecule has 0 bridgehead atoms. The van der Waals surface area contributed by atoms with E-state index < -0.39 is 0 Å². The SMILES string of the molecule is COc1cccc(NC(=O)c2occc2C(C)C)c1Br. The molecule has 5 heteroatoms. The molecule has 1 amide bonds. The molecular weight excluding hydrogens is 322 g/mol. The number of carbonyl (C=O) groups excluding carboxylic acids is 1. The van der Waals surface area contributed by atoms with Crippen molar-refractivity contribution >= 4 is 27.5 Å². The third kappa shape index (κ3) is 2.88. The second-order valence-corrected chi connectivity index (χ2v) is 5.43. The fourth-order valence-electron chi connectivity index (χ4n) is 1.90. The number of carbonyl (C=O) groups is 1. The standard InChI is InChI=1S/C15H16BrNO3/c1-9(2)10-7-8-20-14(10)15(18)17-11-5-4-6-12(19-3)13(11)16/h4-9H,1-3H3,(H,17,18). The van der Waals surface area contributed by atoms with Gasteiger partial charge in [0.15, 0.2) is 5.76 Å². The molecule has 0 unspecified atom stereocenters. The number of nitrogens with one attached hydrogen (secondary N) is 1. The summed E-state index contributed by atoms with van der Waals surface area (Å²) in [5.41, 5.74) is 1.53. The number of hydrogen-bond acceptors (Lipinski definition) is 3. The number of anilines is 1. The molecule has 20 heavy (non-hydrogen) atoms. The molecule has 1 aromatic heterocycles. The third-order valence-electron chi connectivity index (χ3n) is 2.96. The number of benzene rings is 1. The molecular formula is C15H16BrNO3. The molecule has 106 valence electrons. The zero-order valence-corrected chi connectivity index (χ0v) is 13.2. The average Bonchev–Trinajstić information content (AvgIpc) is 2.90. The van der Waals surface area contributed by atoms with Crippen LogP contribution in [0.4, 0.5) is 5.69 Å². The molecule has 0 spiro atoms. The van der Waals surface area contributed by atoms with E-state index in [-0.39, 0.29) is 11.8 Å². The van der Waals surface area contributed by atoms with E-state index >= 15 is 0 Å². The van der Waals surface area contributed by atoms with Crippen molar-refractivity contribution in [1.82, 2.24) is 0 Å². The Bertz CT molecular complexity index is 619. The first-order chi connectivity index (χ1) is 9.54.